The lowest BCUT2D eigenvalue weighted by atomic mass is 10.1. The number of nitrogens with one attached hydrogen (secondary N) is 2. The molecule has 0 spiro atoms. The van der Waals surface area contributed by atoms with E-state index in [1.807, 2.05) is 16.8 Å². The van der Waals surface area contributed by atoms with Gasteiger partial charge in [-0.1, -0.05) is 0 Å². The quantitative estimate of drug-likeness (QED) is 0.887. The zero-order valence-corrected chi connectivity index (χ0v) is 11.2. The summed E-state index contributed by atoms with van der Waals surface area (Å²) in [6.45, 7) is 1.82. The van der Waals surface area contributed by atoms with E-state index in [2.05, 4.69) is 20.7 Å². The van der Waals surface area contributed by atoms with Crippen LogP contribution in [0.25, 0.3) is 0 Å². The second kappa shape index (κ2) is 5.73. The molecule has 2 aromatic rings. The molecule has 0 aliphatic carbocycles. The Morgan fingerprint density at radius 3 is 3.10 bits per heavy atom. The molecule has 1 aliphatic heterocycles. The van der Waals surface area contributed by atoms with Crippen LogP contribution in [-0.2, 0) is 17.8 Å². The first-order valence-corrected chi connectivity index (χ1v) is 6.81. The van der Waals surface area contributed by atoms with E-state index in [-0.39, 0.29) is 5.91 Å². The van der Waals surface area contributed by atoms with Crippen molar-refractivity contribution < 1.29 is 4.79 Å². The fourth-order valence-corrected chi connectivity index (χ4v) is 2.29. The number of nitrogens with zero attached hydrogens (tertiary/aromatic N) is 3. The average molecular weight is 271 g/mol. The average Bonchev–Trinajstić information content (AvgIpc) is 2.90. The van der Waals surface area contributed by atoms with Crippen LogP contribution in [0.15, 0.2) is 30.7 Å². The highest BCUT2D eigenvalue weighted by atomic mass is 16.1. The van der Waals surface area contributed by atoms with Crippen molar-refractivity contribution >= 4 is 17.4 Å². The lowest BCUT2D eigenvalue weighted by Gasteiger charge is -2.17. The molecule has 20 heavy (non-hydrogen) atoms. The van der Waals surface area contributed by atoms with Crippen LogP contribution in [0.2, 0.25) is 0 Å². The summed E-state index contributed by atoms with van der Waals surface area (Å²) in [7, 11) is 0. The molecule has 0 aromatic carbocycles. The molecule has 0 saturated heterocycles. The molecule has 104 valence electrons. The van der Waals surface area contributed by atoms with Crippen LogP contribution in [0.3, 0.4) is 0 Å². The Balaban J connectivity index is 1.58. The number of carbonyl (C=O) groups is 1. The summed E-state index contributed by atoms with van der Waals surface area (Å²) in [5.41, 5.74) is 1.88. The molecule has 1 aliphatic rings. The zero-order valence-electron chi connectivity index (χ0n) is 11.2. The molecule has 6 heteroatoms. The van der Waals surface area contributed by atoms with Crippen LogP contribution >= 0.6 is 0 Å². The predicted octanol–water partition coefficient (Wildman–Crippen LogP) is 1.66. The number of fused-ring (bicyclic) bond motifs is 1. The van der Waals surface area contributed by atoms with Gasteiger partial charge in [0.05, 0.1) is 6.20 Å². The Hall–Kier alpha value is -2.37. The molecular weight excluding hydrogens is 254 g/mol. The van der Waals surface area contributed by atoms with E-state index in [4.69, 9.17) is 0 Å². The van der Waals surface area contributed by atoms with Gasteiger partial charge in [0.15, 0.2) is 0 Å². The van der Waals surface area contributed by atoms with Gasteiger partial charge >= 0.3 is 0 Å². The summed E-state index contributed by atoms with van der Waals surface area (Å²) in [4.78, 5) is 15.9. The number of hydrogen-bond acceptors (Lipinski definition) is 4. The smallest absolute Gasteiger partial charge is 0.224 e. The fraction of sp³-hybridized carbons (Fsp3) is 0.357. The van der Waals surface area contributed by atoms with Crippen molar-refractivity contribution in [2.75, 3.05) is 17.2 Å². The third-order valence-electron chi connectivity index (χ3n) is 3.34. The summed E-state index contributed by atoms with van der Waals surface area (Å²) in [6.07, 6.45) is 7.42. The van der Waals surface area contributed by atoms with Crippen LogP contribution in [0.5, 0.6) is 0 Å². The third kappa shape index (κ3) is 2.79. The second-order valence-corrected chi connectivity index (χ2v) is 4.81. The Labute approximate surface area is 117 Å². The van der Waals surface area contributed by atoms with Gasteiger partial charge in [-0.05, 0) is 30.5 Å². The molecule has 3 rings (SSSR count). The number of anilines is 2. The zero-order chi connectivity index (χ0) is 13.8. The number of aryl methyl sites for hydroxylation is 2. The van der Waals surface area contributed by atoms with Gasteiger partial charge in [0, 0.05) is 31.9 Å². The van der Waals surface area contributed by atoms with Crippen molar-refractivity contribution in [2.24, 2.45) is 0 Å². The predicted molar refractivity (Wildman–Crippen MR) is 76.5 cm³/mol. The van der Waals surface area contributed by atoms with Crippen molar-refractivity contribution in [1.29, 1.82) is 0 Å². The normalized spacial score (nSPS) is 13.4. The maximum Gasteiger partial charge on any atom is 0.224 e. The van der Waals surface area contributed by atoms with E-state index in [0.29, 0.717) is 12.8 Å². The lowest BCUT2D eigenvalue weighted by molar-refractivity contribution is -0.116. The molecule has 0 atom stereocenters. The van der Waals surface area contributed by atoms with E-state index in [0.717, 1.165) is 36.6 Å². The van der Waals surface area contributed by atoms with Gasteiger partial charge in [-0.3, -0.25) is 9.78 Å². The Morgan fingerprint density at radius 1 is 1.40 bits per heavy atom. The van der Waals surface area contributed by atoms with Gasteiger partial charge < -0.3 is 10.6 Å². The third-order valence-corrected chi connectivity index (χ3v) is 3.34. The topological polar surface area (TPSA) is 71.8 Å². The van der Waals surface area contributed by atoms with Crippen molar-refractivity contribution in [2.45, 2.75) is 25.8 Å². The Kier molecular flexibility index (Phi) is 3.62. The lowest BCUT2D eigenvalue weighted by Crippen LogP contribution is -2.19. The van der Waals surface area contributed by atoms with Crippen LogP contribution in [0, 0.1) is 0 Å². The first-order valence-electron chi connectivity index (χ1n) is 6.81. The van der Waals surface area contributed by atoms with Gasteiger partial charge in [-0.2, -0.15) is 5.10 Å². The molecule has 1 amide bonds. The van der Waals surface area contributed by atoms with Crippen LogP contribution in [-0.4, -0.2) is 27.2 Å². The molecule has 2 aromatic heterocycles. The molecule has 0 bridgehead atoms. The highest BCUT2D eigenvalue weighted by molar-refractivity contribution is 5.93. The number of aromatic nitrogens is 3. The van der Waals surface area contributed by atoms with E-state index < -0.39 is 0 Å². The van der Waals surface area contributed by atoms with Gasteiger partial charge in [-0.25, -0.2) is 4.68 Å². The van der Waals surface area contributed by atoms with E-state index in [1.54, 1.807) is 18.6 Å². The minimum absolute atomic E-state index is 0.00462. The van der Waals surface area contributed by atoms with Gasteiger partial charge in [0.1, 0.15) is 11.5 Å². The molecule has 0 radical (unpaired) electrons. The van der Waals surface area contributed by atoms with E-state index in [9.17, 15) is 4.79 Å². The number of carbonyl (C=O) groups excluding carboxylic acids is 1. The second-order valence-electron chi connectivity index (χ2n) is 4.81. The summed E-state index contributed by atoms with van der Waals surface area (Å²) in [6, 6.07) is 3.85. The van der Waals surface area contributed by atoms with Crippen molar-refractivity contribution in [3.63, 3.8) is 0 Å². The number of amides is 1. The standard InChI is InChI=1S/C14H17N5O/c20-13(3-2-11-4-7-15-8-5-11)18-12-10-17-19-9-1-6-16-14(12)19/h4-5,7-8,10,16H,1-3,6,9H2,(H,18,20). The first-order chi connectivity index (χ1) is 9.83. The monoisotopic (exact) mass is 271 g/mol. The molecule has 0 saturated carbocycles. The number of pyridine rings is 1. The van der Waals surface area contributed by atoms with E-state index in [1.165, 1.54) is 0 Å². The summed E-state index contributed by atoms with van der Waals surface area (Å²) < 4.78 is 1.89. The molecule has 0 unspecified atom stereocenters. The van der Waals surface area contributed by atoms with Gasteiger partial charge in [0.2, 0.25) is 5.91 Å². The highest BCUT2D eigenvalue weighted by Gasteiger charge is 2.15. The van der Waals surface area contributed by atoms with Gasteiger partial charge in [-0.15, -0.1) is 0 Å². The summed E-state index contributed by atoms with van der Waals surface area (Å²) in [5.74, 6) is 0.915. The molecule has 6 nitrogen and oxygen atoms in total. The van der Waals surface area contributed by atoms with Crippen LogP contribution in [0.1, 0.15) is 18.4 Å². The summed E-state index contributed by atoms with van der Waals surface area (Å²) >= 11 is 0. The fourth-order valence-electron chi connectivity index (χ4n) is 2.29. The van der Waals surface area contributed by atoms with Crippen molar-refractivity contribution in [3.05, 3.63) is 36.3 Å². The molecule has 0 fully saturated rings. The van der Waals surface area contributed by atoms with Crippen LogP contribution in [0.4, 0.5) is 11.5 Å². The summed E-state index contributed by atoms with van der Waals surface area (Å²) in [5, 5.41) is 10.4. The van der Waals surface area contributed by atoms with Crippen LogP contribution < -0.4 is 10.6 Å². The maximum absolute atomic E-state index is 12.0. The molecule has 3 heterocycles. The first kappa shape index (κ1) is 12.7. The Bertz CT molecular complexity index is 593. The Morgan fingerprint density at radius 2 is 2.25 bits per heavy atom. The van der Waals surface area contributed by atoms with E-state index >= 15 is 0 Å². The van der Waals surface area contributed by atoms with Gasteiger partial charge in [0.25, 0.3) is 0 Å². The number of hydrogen-bond donors (Lipinski definition) is 2. The largest absolute Gasteiger partial charge is 0.368 e. The SMILES string of the molecule is O=C(CCc1ccncc1)Nc1cnn2c1NCCC2. The van der Waals surface area contributed by atoms with Crippen molar-refractivity contribution in [1.82, 2.24) is 14.8 Å². The van der Waals surface area contributed by atoms with Crippen molar-refractivity contribution in [3.8, 4) is 0 Å². The minimum atomic E-state index is 0.00462. The highest BCUT2D eigenvalue weighted by Crippen LogP contribution is 2.24. The molecule has 2 N–H and O–H groups in total. The number of rotatable bonds is 4. The molecular formula is C14H17N5O. The minimum Gasteiger partial charge on any atom is -0.368 e. The maximum atomic E-state index is 12.0.